The number of esters is 1. The first-order chi connectivity index (χ1) is 12.1. The number of fused-ring (bicyclic) bond motifs is 3. The third-order valence-electron chi connectivity index (χ3n) is 4.25. The van der Waals surface area contributed by atoms with E-state index in [1.807, 2.05) is 30.3 Å². The summed E-state index contributed by atoms with van der Waals surface area (Å²) in [6, 6.07) is 9.71. The molecule has 3 fully saturated rings. The van der Waals surface area contributed by atoms with Gasteiger partial charge in [0, 0.05) is 19.5 Å². The van der Waals surface area contributed by atoms with Gasteiger partial charge < -0.3 is 14.5 Å². The van der Waals surface area contributed by atoms with Gasteiger partial charge in [-0.1, -0.05) is 51.9 Å². The van der Waals surface area contributed by atoms with E-state index in [1.165, 1.54) is 28.7 Å². The van der Waals surface area contributed by atoms with E-state index in [1.54, 1.807) is 9.80 Å². The number of methoxy groups -OCH3 is 1. The third kappa shape index (κ3) is 3.95. The van der Waals surface area contributed by atoms with E-state index in [4.69, 9.17) is 0 Å². The molecule has 4 rings (SSSR count). The van der Waals surface area contributed by atoms with Crippen LogP contribution in [0.3, 0.4) is 0 Å². The predicted octanol–water partition coefficient (Wildman–Crippen LogP) is 2.25. The van der Waals surface area contributed by atoms with Gasteiger partial charge in [0.25, 0.3) is 11.8 Å². The first-order valence-corrected chi connectivity index (χ1v) is 10.4. The number of amides is 2. The third-order valence-corrected chi connectivity index (χ3v) is 7.06. The summed E-state index contributed by atoms with van der Waals surface area (Å²) in [5.74, 6) is -0.269. The van der Waals surface area contributed by atoms with Crippen LogP contribution in [-0.4, -0.2) is 52.0 Å². The molecule has 0 spiro atoms. The molecule has 3 aliphatic heterocycles. The van der Waals surface area contributed by atoms with Gasteiger partial charge in [0.15, 0.2) is 10.7 Å². The van der Waals surface area contributed by atoms with Crippen LogP contribution in [0.4, 0.5) is 0 Å². The second-order valence-electron chi connectivity index (χ2n) is 5.91. The standard InChI is InChI=1S/C17H20N2O4S2/c1-23-13(20)9-5-6-10-18-14(21)17-19(15(22)16(18)24-25-17)11-12-7-3-2-4-8-12/h2-4,7-8,16-17H,5-6,9-11H2,1H3/t16-,17-/m0/s1. The molecule has 3 heterocycles. The molecule has 2 atom stereocenters. The van der Waals surface area contributed by atoms with Crippen LogP contribution >= 0.6 is 21.6 Å². The topological polar surface area (TPSA) is 66.9 Å². The van der Waals surface area contributed by atoms with E-state index in [-0.39, 0.29) is 17.8 Å². The van der Waals surface area contributed by atoms with Gasteiger partial charge >= 0.3 is 5.97 Å². The Morgan fingerprint density at radius 1 is 1.04 bits per heavy atom. The van der Waals surface area contributed by atoms with E-state index in [2.05, 4.69) is 4.74 Å². The lowest BCUT2D eigenvalue weighted by Gasteiger charge is -2.48. The molecule has 3 saturated heterocycles. The van der Waals surface area contributed by atoms with Gasteiger partial charge in [0.1, 0.15) is 0 Å². The highest BCUT2D eigenvalue weighted by Gasteiger charge is 2.51. The van der Waals surface area contributed by atoms with Gasteiger partial charge in [-0.25, -0.2) is 0 Å². The summed E-state index contributed by atoms with van der Waals surface area (Å²) in [4.78, 5) is 40.0. The van der Waals surface area contributed by atoms with Gasteiger partial charge in [0.05, 0.1) is 7.11 Å². The van der Waals surface area contributed by atoms with Crippen LogP contribution in [0.15, 0.2) is 30.3 Å². The molecule has 3 aliphatic rings. The molecule has 6 nitrogen and oxygen atoms in total. The Hall–Kier alpha value is -1.67. The van der Waals surface area contributed by atoms with Crippen LogP contribution in [0, 0.1) is 0 Å². The number of ether oxygens (including phenoxy) is 1. The maximum atomic E-state index is 12.8. The molecule has 2 amide bonds. The van der Waals surface area contributed by atoms with Crippen LogP contribution in [0.25, 0.3) is 0 Å². The number of carbonyl (C=O) groups excluding carboxylic acids is 3. The number of nitrogens with zero attached hydrogens (tertiary/aromatic N) is 2. The number of carbonyl (C=O) groups is 3. The van der Waals surface area contributed by atoms with Crippen LogP contribution in [0.2, 0.25) is 0 Å². The Morgan fingerprint density at radius 3 is 2.36 bits per heavy atom. The van der Waals surface area contributed by atoms with Crippen molar-refractivity contribution in [3.8, 4) is 0 Å². The molecule has 0 radical (unpaired) electrons. The van der Waals surface area contributed by atoms with Crippen LogP contribution < -0.4 is 0 Å². The second-order valence-corrected chi connectivity index (χ2v) is 8.35. The minimum absolute atomic E-state index is 0.00910. The number of piperazine rings is 1. The monoisotopic (exact) mass is 380 g/mol. The molecule has 1 aromatic carbocycles. The minimum atomic E-state index is -0.469. The lowest BCUT2D eigenvalue weighted by atomic mass is 10.1. The Labute approximate surface area is 154 Å². The second kappa shape index (κ2) is 8.14. The van der Waals surface area contributed by atoms with Crippen molar-refractivity contribution in [2.75, 3.05) is 13.7 Å². The predicted molar refractivity (Wildman–Crippen MR) is 97.3 cm³/mol. The molecular formula is C17H20N2O4S2. The molecule has 0 N–H and O–H groups in total. The summed E-state index contributed by atoms with van der Waals surface area (Å²) in [5, 5.41) is -0.937. The molecule has 2 bridgehead atoms. The summed E-state index contributed by atoms with van der Waals surface area (Å²) < 4.78 is 4.61. The molecule has 0 aliphatic carbocycles. The molecule has 1 aromatic rings. The highest BCUT2D eigenvalue weighted by Crippen LogP contribution is 2.47. The Kier molecular flexibility index (Phi) is 5.90. The summed E-state index contributed by atoms with van der Waals surface area (Å²) in [7, 11) is 4.28. The fourth-order valence-corrected chi connectivity index (χ4v) is 5.89. The normalized spacial score (nSPS) is 22.4. The van der Waals surface area contributed by atoms with Crippen molar-refractivity contribution >= 4 is 39.4 Å². The quantitative estimate of drug-likeness (QED) is 0.411. The van der Waals surface area contributed by atoms with E-state index in [0.29, 0.717) is 32.4 Å². The summed E-state index contributed by atoms with van der Waals surface area (Å²) in [6.07, 6.45) is 1.66. The first-order valence-electron chi connectivity index (χ1n) is 8.15. The van der Waals surface area contributed by atoms with Gasteiger partial charge in [-0.3, -0.25) is 14.4 Å². The SMILES string of the molecule is COC(=O)CCCCN1C(=O)[C@@H]2SS[C@H]1C(=O)N2Cc1ccccc1. The highest BCUT2D eigenvalue weighted by molar-refractivity contribution is 8.77. The lowest BCUT2D eigenvalue weighted by Crippen LogP contribution is -2.64. The van der Waals surface area contributed by atoms with E-state index < -0.39 is 10.7 Å². The zero-order valence-corrected chi connectivity index (χ0v) is 15.6. The summed E-state index contributed by atoms with van der Waals surface area (Å²) in [6.45, 7) is 0.950. The maximum Gasteiger partial charge on any atom is 0.305 e. The van der Waals surface area contributed by atoms with E-state index >= 15 is 0 Å². The van der Waals surface area contributed by atoms with Crippen LogP contribution in [-0.2, 0) is 25.7 Å². The zero-order valence-electron chi connectivity index (χ0n) is 13.9. The van der Waals surface area contributed by atoms with Crippen molar-refractivity contribution in [2.45, 2.75) is 36.6 Å². The number of benzene rings is 1. The van der Waals surface area contributed by atoms with Crippen molar-refractivity contribution in [1.29, 1.82) is 0 Å². The van der Waals surface area contributed by atoms with Gasteiger partial charge in [-0.05, 0) is 18.4 Å². The van der Waals surface area contributed by atoms with Crippen molar-refractivity contribution in [2.24, 2.45) is 0 Å². The number of hydrogen-bond acceptors (Lipinski definition) is 6. The van der Waals surface area contributed by atoms with Crippen LogP contribution in [0.5, 0.6) is 0 Å². The molecular weight excluding hydrogens is 360 g/mol. The molecule has 25 heavy (non-hydrogen) atoms. The zero-order chi connectivity index (χ0) is 17.8. The van der Waals surface area contributed by atoms with Gasteiger partial charge in [-0.15, -0.1) is 0 Å². The molecule has 0 unspecified atom stereocenters. The minimum Gasteiger partial charge on any atom is -0.469 e. The van der Waals surface area contributed by atoms with Crippen molar-refractivity contribution in [1.82, 2.24) is 9.80 Å². The lowest BCUT2D eigenvalue weighted by molar-refractivity contribution is -0.154. The Balaban J connectivity index is 1.60. The average Bonchev–Trinajstić information content (AvgIpc) is 2.63. The fraction of sp³-hybridized carbons (Fsp3) is 0.471. The summed E-state index contributed by atoms with van der Waals surface area (Å²) >= 11 is 0. The molecule has 8 heteroatoms. The maximum absolute atomic E-state index is 12.8. The average molecular weight is 380 g/mol. The molecule has 134 valence electrons. The Bertz CT molecular complexity index is 655. The van der Waals surface area contributed by atoms with Crippen molar-refractivity contribution in [3.05, 3.63) is 35.9 Å². The highest BCUT2D eigenvalue weighted by atomic mass is 33.1. The van der Waals surface area contributed by atoms with Crippen molar-refractivity contribution < 1.29 is 19.1 Å². The van der Waals surface area contributed by atoms with Crippen LogP contribution in [0.1, 0.15) is 24.8 Å². The molecule has 0 saturated carbocycles. The first kappa shape index (κ1) is 18.1. The number of hydrogen-bond donors (Lipinski definition) is 0. The van der Waals surface area contributed by atoms with E-state index in [0.717, 1.165) is 5.56 Å². The van der Waals surface area contributed by atoms with Crippen molar-refractivity contribution in [3.63, 3.8) is 0 Å². The fourth-order valence-electron chi connectivity index (χ4n) is 2.89. The Morgan fingerprint density at radius 2 is 1.68 bits per heavy atom. The van der Waals surface area contributed by atoms with Gasteiger partial charge in [0.2, 0.25) is 0 Å². The molecule has 0 aromatic heterocycles. The number of unbranched alkanes of at least 4 members (excludes halogenated alkanes) is 1. The number of rotatable bonds is 7. The van der Waals surface area contributed by atoms with E-state index in [9.17, 15) is 14.4 Å². The largest absolute Gasteiger partial charge is 0.469 e. The smallest absolute Gasteiger partial charge is 0.305 e. The van der Waals surface area contributed by atoms with Gasteiger partial charge in [-0.2, -0.15) is 0 Å². The summed E-state index contributed by atoms with van der Waals surface area (Å²) in [5.41, 5.74) is 1.02.